The number of nitrogens with zero attached hydrogens (tertiary/aromatic N) is 1. The summed E-state index contributed by atoms with van der Waals surface area (Å²) in [5.41, 5.74) is 3.63. The number of amides is 1. The van der Waals surface area contributed by atoms with E-state index in [1.54, 1.807) is 0 Å². The van der Waals surface area contributed by atoms with Crippen LogP contribution in [0, 0.1) is 11.8 Å². The number of ether oxygens (including phenoxy) is 2. The third-order valence-electron chi connectivity index (χ3n) is 6.00. The van der Waals surface area contributed by atoms with Gasteiger partial charge in [0, 0.05) is 32.0 Å². The zero-order valence-electron chi connectivity index (χ0n) is 14.5. The maximum absolute atomic E-state index is 12.2. The van der Waals surface area contributed by atoms with E-state index >= 15 is 0 Å². The van der Waals surface area contributed by atoms with E-state index in [1.807, 2.05) is 6.07 Å². The lowest BCUT2D eigenvalue weighted by Crippen LogP contribution is -2.57. The molecule has 4 rings (SSSR count). The van der Waals surface area contributed by atoms with Gasteiger partial charge in [0.2, 0.25) is 5.91 Å². The Morgan fingerprint density at radius 1 is 1.28 bits per heavy atom. The molecule has 1 amide bonds. The summed E-state index contributed by atoms with van der Waals surface area (Å²) >= 11 is 0. The average Bonchev–Trinajstić information content (AvgIpc) is 3.09. The molecule has 3 fully saturated rings. The van der Waals surface area contributed by atoms with Crippen LogP contribution in [0.1, 0.15) is 31.2 Å². The lowest BCUT2D eigenvalue weighted by molar-refractivity contribution is -0.204. The molecule has 2 aliphatic heterocycles. The van der Waals surface area contributed by atoms with Gasteiger partial charge < -0.3 is 9.47 Å². The molecule has 136 valence electrons. The Kier molecular flexibility index (Phi) is 4.78. The molecule has 1 aromatic rings. The summed E-state index contributed by atoms with van der Waals surface area (Å²) in [6, 6.07) is 10.9. The molecule has 1 aliphatic carbocycles. The van der Waals surface area contributed by atoms with E-state index in [2.05, 4.69) is 34.6 Å². The highest BCUT2D eigenvalue weighted by molar-refractivity contribution is 5.78. The number of likely N-dealkylation sites (tertiary alicyclic amines) is 1. The van der Waals surface area contributed by atoms with Gasteiger partial charge in [-0.3, -0.25) is 15.1 Å². The first-order valence-electron chi connectivity index (χ1n) is 9.25. The molecule has 3 aliphatic rings. The first kappa shape index (κ1) is 17.0. The smallest absolute Gasteiger partial charge is 0.238 e. The number of hydrogen-bond acceptors (Lipinski definition) is 5. The molecule has 6 heteroatoms. The van der Waals surface area contributed by atoms with Gasteiger partial charge >= 0.3 is 0 Å². The normalized spacial score (nSPS) is 31.6. The fourth-order valence-electron chi connectivity index (χ4n) is 4.89. The minimum Gasteiger partial charge on any atom is -0.348 e. The maximum Gasteiger partial charge on any atom is 0.238 e. The molecule has 3 atom stereocenters. The van der Waals surface area contributed by atoms with Crippen molar-refractivity contribution >= 4 is 5.91 Å². The molecule has 0 aromatic heterocycles. The second-order valence-corrected chi connectivity index (χ2v) is 7.53. The number of benzene rings is 1. The molecule has 1 aromatic carbocycles. The van der Waals surface area contributed by atoms with Crippen molar-refractivity contribution in [1.82, 2.24) is 10.3 Å². The summed E-state index contributed by atoms with van der Waals surface area (Å²) in [7, 11) is 0. The van der Waals surface area contributed by atoms with Gasteiger partial charge in [0.15, 0.2) is 5.79 Å². The highest BCUT2D eigenvalue weighted by Gasteiger charge is 2.49. The number of hydrazine groups is 1. The van der Waals surface area contributed by atoms with Gasteiger partial charge in [-0.1, -0.05) is 30.3 Å². The monoisotopic (exact) mass is 345 g/mol. The van der Waals surface area contributed by atoms with Crippen LogP contribution in [0.3, 0.4) is 0 Å². The van der Waals surface area contributed by atoms with Crippen molar-refractivity contribution in [1.29, 1.82) is 0 Å². The highest BCUT2D eigenvalue weighted by atomic mass is 16.7. The van der Waals surface area contributed by atoms with E-state index in [0.29, 0.717) is 25.2 Å². The largest absolute Gasteiger partial charge is 0.348 e. The molecule has 0 unspecified atom stereocenters. The van der Waals surface area contributed by atoms with Crippen LogP contribution in [0.4, 0.5) is 0 Å². The van der Waals surface area contributed by atoms with Crippen molar-refractivity contribution in [2.75, 3.05) is 19.8 Å². The van der Waals surface area contributed by atoms with Gasteiger partial charge in [0.05, 0.1) is 19.1 Å². The number of carbonyl (C=O) groups is 1. The van der Waals surface area contributed by atoms with Gasteiger partial charge in [-0.2, -0.15) is 0 Å². The Labute approximate surface area is 148 Å². The molecule has 6 nitrogen and oxygen atoms in total. The van der Waals surface area contributed by atoms with Crippen molar-refractivity contribution in [3.8, 4) is 0 Å². The summed E-state index contributed by atoms with van der Waals surface area (Å²) < 4.78 is 11.9. The van der Waals surface area contributed by atoms with Crippen molar-refractivity contribution in [3.05, 3.63) is 35.9 Å². The summed E-state index contributed by atoms with van der Waals surface area (Å²) in [4.78, 5) is 14.7. The number of hydrogen-bond donors (Lipinski definition) is 2. The van der Waals surface area contributed by atoms with Crippen LogP contribution in [0.15, 0.2) is 30.3 Å². The average molecular weight is 345 g/mol. The predicted octanol–water partition coefficient (Wildman–Crippen LogP) is 1.41. The second kappa shape index (κ2) is 7.03. The number of carbonyl (C=O) groups excluding carboxylic acids is 1. The Hall–Kier alpha value is -1.47. The van der Waals surface area contributed by atoms with E-state index in [1.165, 1.54) is 5.56 Å². The third kappa shape index (κ3) is 3.44. The molecule has 0 bridgehead atoms. The van der Waals surface area contributed by atoms with E-state index < -0.39 is 5.79 Å². The van der Waals surface area contributed by atoms with Gasteiger partial charge in [-0.25, -0.2) is 5.84 Å². The van der Waals surface area contributed by atoms with Crippen LogP contribution >= 0.6 is 0 Å². The van der Waals surface area contributed by atoms with Crippen LogP contribution in [-0.2, 0) is 20.8 Å². The first-order chi connectivity index (χ1) is 12.2. The fourth-order valence-corrected chi connectivity index (χ4v) is 4.89. The van der Waals surface area contributed by atoms with E-state index in [9.17, 15) is 4.79 Å². The van der Waals surface area contributed by atoms with Crippen LogP contribution in [0.25, 0.3) is 0 Å². The number of rotatable bonds is 3. The Morgan fingerprint density at radius 2 is 2.04 bits per heavy atom. The Morgan fingerprint density at radius 3 is 2.76 bits per heavy atom. The number of piperidine rings is 1. The molecular formula is C19H27N3O3. The number of nitrogens with one attached hydrogen (secondary N) is 1. The van der Waals surface area contributed by atoms with E-state index in [0.717, 1.165) is 38.8 Å². The van der Waals surface area contributed by atoms with E-state index in [4.69, 9.17) is 15.3 Å². The first-order valence-corrected chi connectivity index (χ1v) is 9.25. The van der Waals surface area contributed by atoms with Gasteiger partial charge in [0.1, 0.15) is 0 Å². The zero-order valence-corrected chi connectivity index (χ0v) is 14.5. The lowest BCUT2D eigenvalue weighted by atomic mass is 9.72. The van der Waals surface area contributed by atoms with Gasteiger partial charge in [-0.15, -0.1) is 0 Å². The van der Waals surface area contributed by atoms with Gasteiger partial charge in [0.25, 0.3) is 0 Å². The zero-order chi connectivity index (χ0) is 17.3. The molecule has 2 saturated heterocycles. The summed E-state index contributed by atoms with van der Waals surface area (Å²) in [5.74, 6) is 5.25. The topological polar surface area (TPSA) is 76.8 Å². The number of fused-ring (bicyclic) bond motifs is 1. The van der Waals surface area contributed by atoms with Crippen LogP contribution < -0.4 is 11.3 Å². The lowest BCUT2D eigenvalue weighted by Gasteiger charge is -2.50. The number of nitrogens with two attached hydrogens (primary N) is 1. The minimum atomic E-state index is -0.416. The SMILES string of the molecule is NNC(=O)[C@H]1C[C@@H]2CC3(CC[C@H]2N(Cc2ccccc2)C1)OCCO3. The predicted molar refractivity (Wildman–Crippen MR) is 93.1 cm³/mol. The summed E-state index contributed by atoms with van der Waals surface area (Å²) in [6.45, 7) is 2.98. The highest BCUT2D eigenvalue weighted by Crippen LogP contribution is 2.45. The van der Waals surface area contributed by atoms with Crippen LogP contribution in [-0.4, -0.2) is 42.4 Å². The summed E-state index contributed by atoms with van der Waals surface area (Å²) in [6.07, 6.45) is 3.71. The van der Waals surface area contributed by atoms with Crippen molar-refractivity contribution in [2.24, 2.45) is 17.7 Å². The van der Waals surface area contributed by atoms with Gasteiger partial charge in [-0.05, 0) is 24.3 Å². The van der Waals surface area contributed by atoms with Crippen LogP contribution in [0.5, 0.6) is 0 Å². The van der Waals surface area contributed by atoms with Crippen LogP contribution in [0.2, 0.25) is 0 Å². The fraction of sp³-hybridized carbons (Fsp3) is 0.632. The molecule has 1 spiro atoms. The maximum atomic E-state index is 12.2. The molecule has 25 heavy (non-hydrogen) atoms. The van der Waals surface area contributed by atoms with Crippen molar-refractivity contribution < 1.29 is 14.3 Å². The van der Waals surface area contributed by atoms with Crippen molar-refractivity contribution in [2.45, 2.75) is 44.1 Å². The molecule has 0 radical (unpaired) electrons. The molecule has 2 heterocycles. The quantitative estimate of drug-likeness (QED) is 0.492. The standard InChI is InChI=1S/C19H27N3O3/c20-21-18(23)16-10-15-11-19(24-8-9-25-19)7-6-17(15)22(13-16)12-14-4-2-1-3-5-14/h1-5,15-17H,6-13,20H2,(H,21,23)/t15-,16+,17-/m1/s1. The Balaban J connectivity index is 1.54. The molecule has 1 saturated carbocycles. The molecule has 3 N–H and O–H groups in total. The Bertz CT molecular complexity index is 603. The summed E-state index contributed by atoms with van der Waals surface area (Å²) in [5, 5.41) is 0. The van der Waals surface area contributed by atoms with Crippen molar-refractivity contribution in [3.63, 3.8) is 0 Å². The second-order valence-electron chi connectivity index (χ2n) is 7.53. The molecular weight excluding hydrogens is 318 g/mol. The minimum absolute atomic E-state index is 0.0654. The van der Waals surface area contributed by atoms with E-state index in [-0.39, 0.29) is 11.8 Å². The third-order valence-corrected chi connectivity index (χ3v) is 6.00.